The molecule has 0 saturated heterocycles. The molecular formula is C37H72O6S3Sn. The molecule has 0 aliphatic carbocycles. The fraction of sp³-hybridized carbons (Fsp3) is 0.919. The van der Waals surface area contributed by atoms with Crippen molar-refractivity contribution < 1.29 is 29.7 Å². The van der Waals surface area contributed by atoms with E-state index in [1.54, 1.807) is 22.5 Å². The van der Waals surface area contributed by atoms with Crippen molar-refractivity contribution in [2.24, 2.45) is 0 Å². The molecule has 47 heavy (non-hydrogen) atoms. The molecule has 0 rings (SSSR count). The third-order valence-corrected chi connectivity index (χ3v) is 9.22. The molecule has 0 amide bonds. The van der Waals surface area contributed by atoms with Crippen molar-refractivity contribution in [2.45, 2.75) is 215 Å². The topological polar surface area (TPSA) is 120 Å². The third kappa shape index (κ3) is 50.7. The Morgan fingerprint density at radius 2 is 0.532 bits per heavy atom. The zero-order chi connectivity index (χ0) is 36.6. The van der Waals surface area contributed by atoms with Crippen molar-refractivity contribution in [3.8, 4) is 0 Å². The monoisotopic (exact) mass is 828 g/mol. The van der Waals surface area contributed by atoms with Crippen molar-refractivity contribution in [3.05, 3.63) is 0 Å². The molecule has 0 aromatic carbocycles. The predicted molar refractivity (Wildman–Crippen MR) is 207 cm³/mol. The number of hydrogen-bond acceptors (Lipinski definition) is 9. The molecule has 0 aromatic rings. The van der Waals surface area contributed by atoms with Gasteiger partial charge in [-0.05, 0) is 19.3 Å². The number of carboxylic acids is 3. The summed E-state index contributed by atoms with van der Waals surface area (Å²) < 4.78 is 0. The first kappa shape index (κ1) is 54.0. The van der Waals surface area contributed by atoms with Crippen molar-refractivity contribution in [1.82, 2.24) is 0 Å². The van der Waals surface area contributed by atoms with Crippen LogP contribution in [-0.4, -0.2) is 56.2 Å². The zero-order valence-corrected chi connectivity index (χ0v) is 36.2. The first-order chi connectivity index (χ1) is 22.5. The summed E-state index contributed by atoms with van der Waals surface area (Å²) in [5, 5.41) is 29.3. The number of hydrogen-bond donors (Lipinski definition) is 3. The Bertz CT molecular complexity index is 572. The molecule has 0 aliphatic heterocycles. The zero-order valence-electron chi connectivity index (χ0n) is 30.6. The average molecular weight is 828 g/mol. The Labute approximate surface area is 320 Å². The maximum absolute atomic E-state index is 10.3. The first-order valence-corrected chi connectivity index (χ1v) is 23.1. The van der Waals surface area contributed by atoms with Gasteiger partial charge in [-0.15, -0.1) is 0 Å². The van der Waals surface area contributed by atoms with E-state index in [1.165, 1.54) is 116 Å². The van der Waals surface area contributed by atoms with Gasteiger partial charge in [0.15, 0.2) is 0 Å². The van der Waals surface area contributed by atoms with E-state index >= 15 is 0 Å². The molecule has 6 nitrogen and oxygen atoms in total. The summed E-state index contributed by atoms with van der Waals surface area (Å²) in [6.07, 6.45) is 31.5. The van der Waals surface area contributed by atoms with Crippen LogP contribution < -0.4 is 15.3 Å². The Morgan fingerprint density at radius 3 is 0.681 bits per heavy atom. The number of unbranched alkanes of at least 4 members (excludes halogenated alkanes) is 21. The summed E-state index contributed by atoms with van der Waals surface area (Å²) in [6.45, 7) is 6.65. The molecule has 278 valence electrons. The molecule has 0 saturated carbocycles. The van der Waals surface area contributed by atoms with Gasteiger partial charge in [0, 0.05) is 15.7 Å². The van der Waals surface area contributed by atoms with E-state index in [0.29, 0.717) is 19.3 Å². The molecule has 0 heterocycles. The number of carbonyl (C=O) groups is 3. The second kappa shape index (κ2) is 46.3. The van der Waals surface area contributed by atoms with Crippen LogP contribution in [0.1, 0.15) is 194 Å². The van der Waals surface area contributed by atoms with Gasteiger partial charge in [-0.2, -0.15) is 37.9 Å². The minimum atomic E-state index is -1.04. The van der Waals surface area contributed by atoms with Gasteiger partial charge in [0.1, 0.15) is 0 Å². The quantitative estimate of drug-likeness (QED) is 0.0385. The molecule has 0 spiro atoms. The summed E-state index contributed by atoms with van der Waals surface area (Å²) in [5.41, 5.74) is 0. The predicted octanol–water partition coefficient (Wildman–Crippen LogP) is 7.90. The van der Waals surface area contributed by atoms with Gasteiger partial charge >= 0.3 is 27.5 Å². The van der Waals surface area contributed by atoms with E-state index in [4.69, 9.17) is 0 Å². The van der Waals surface area contributed by atoms with E-state index in [1.807, 2.05) is 0 Å². The molecule has 10 heteroatoms. The number of thiol groups is 3. The van der Waals surface area contributed by atoms with Gasteiger partial charge in [-0.3, -0.25) is 0 Å². The molecule has 0 aliphatic rings. The van der Waals surface area contributed by atoms with Crippen LogP contribution >= 0.6 is 37.9 Å². The molecule has 0 bridgehead atoms. The normalized spacial score (nSPS) is 12.3. The molecule has 0 fully saturated rings. The number of carboxylic acid groups (broad SMARTS) is 3. The number of rotatable bonds is 30. The van der Waals surface area contributed by atoms with Crippen LogP contribution in [0.15, 0.2) is 0 Å². The van der Waals surface area contributed by atoms with Gasteiger partial charge in [-0.25, -0.2) is 0 Å². The van der Waals surface area contributed by atoms with Crippen LogP contribution in [0.4, 0.5) is 0 Å². The van der Waals surface area contributed by atoms with E-state index < -0.39 is 33.7 Å². The molecular weight excluding hydrogens is 755 g/mol. The maximum atomic E-state index is 10.3. The molecule has 0 radical (unpaired) electrons. The minimum absolute atomic E-state index is 0.579. The van der Waals surface area contributed by atoms with Crippen molar-refractivity contribution in [3.63, 3.8) is 0 Å². The first-order valence-electron chi connectivity index (χ1n) is 18.7. The van der Waals surface area contributed by atoms with Gasteiger partial charge in [-0.1, -0.05) is 175 Å². The summed E-state index contributed by atoms with van der Waals surface area (Å²) >= 11 is 13.4. The molecule has 3 atom stereocenters. The van der Waals surface area contributed by atoms with Crippen molar-refractivity contribution >= 4 is 78.3 Å². The second-order valence-electron chi connectivity index (χ2n) is 12.3. The van der Waals surface area contributed by atoms with E-state index in [0.717, 1.165) is 38.5 Å². The Hall–Kier alpha value is 0.259. The fourth-order valence-electron chi connectivity index (χ4n) is 4.77. The average Bonchev–Trinajstić information content (AvgIpc) is 3.05. The van der Waals surface area contributed by atoms with Crippen LogP contribution in [0, 0.1) is 0 Å². The summed E-state index contributed by atoms with van der Waals surface area (Å²) in [7, 11) is 0. The summed E-state index contributed by atoms with van der Waals surface area (Å²) in [4.78, 5) is 33.1. The van der Waals surface area contributed by atoms with Gasteiger partial charge in [0.25, 0.3) is 0 Å². The van der Waals surface area contributed by atoms with E-state index in [9.17, 15) is 29.7 Å². The summed E-state index contributed by atoms with van der Waals surface area (Å²) in [6, 6.07) is 0. The Balaban J connectivity index is -0.000000287. The van der Waals surface area contributed by atoms with E-state index in [-0.39, 0.29) is 0 Å². The third-order valence-electron chi connectivity index (χ3n) is 7.81. The molecule has 0 aromatic heterocycles. The van der Waals surface area contributed by atoms with Gasteiger partial charge in [0.2, 0.25) is 0 Å². The Morgan fingerprint density at radius 1 is 0.383 bits per heavy atom. The van der Waals surface area contributed by atoms with Gasteiger partial charge < -0.3 is 29.7 Å². The fourth-order valence-corrected chi connectivity index (χ4v) is 5.32. The van der Waals surface area contributed by atoms with E-state index in [2.05, 4.69) is 63.6 Å². The van der Waals surface area contributed by atoms with Crippen LogP contribution in [0.2, 0.25) is 4.94 Å². The summed E-state index contributed by atoms with van der Waals surface area (Å²) in [5.74, 6) is -3.12. The standard InChI is InChI=1S/3C12H24O2S.CH3.Sn/c3*1-2-3-4-5-6-7-8-9-10-11(15)12(13)14;;/h3*11,15H,2-10H2,1H3,(H,13,14);1H3;/q;;;;+3/p-3. The number of aliphatic carboxylic acids is 3. The van der Waals surface area contributed by atoms with Crippen LogP contribution in [0.3, 0.4) is 0 Å². The van der Waals surface area contributed by atoms with Crippen molar-refractivity contribution in [2.75, 3.05) is 0 Å². The Kier molecular flexibility index (Phi) is 53.2. The number of carbonyl (C=O) groups excluding carboxylic acids is 3. The molecule has 3 unspecified atom stereocenters. The van der Waals surface area contributed by atoms with Crippen LogP contribution in [0.25, 0.3) is 0 Å². The molecule has 0 N–H and O–H groups in total. The SMILES string of the molecule is CCCCCCCCCCC(S)C(=O)[O-].CCCCCCCCCCC(S)C(=O)[O-].CCCCCCCCCCC(S)C(=O)[O-].[CH3][Sn+3]. The van der Waals surface area contributed by atoms with Gasteiger partial charge in [0.05, 0.1) is 17.9 Å². The van der Waals surface area contributed by atoms with Crippen LogP contribution in [0.5, 0.6) is 0 Å². The van der Waals surface area contributed by atoms with Crippen LogP contribution in [-0.2, 0) is 14.4 Å². The van der Waals surface area contributed by atoms with Crippen molar-refractivity contribution in [1.29, 1.82) is 0 Å². The second-order valence-corrected chi connectivity index (χ2v) is 14.2.